The second-order valence-corrected chi connectivity index (χ2v) is 6.89. The number of pyridine rings is 1. The second kappa shape index (κ2) is 5.56. The molecule has 0 spiro atoms. The van der Waals surface area contributed by atoms with Crippen molar-refractivity contribution in [3.63, 3.8) is 0 Å². The van der Waals surface area contributed by atoms with E-state index < -0.39 is 20.9 Å². The Morgan fingerprint density at radius 3 is 2.58 bits per heavy atom. The number of anilines is 1. The molecule has 1 N–H and O–H groups in total. The number of hydrogen-bond acceptors (Lipinski definition) is 3. The highest BCUT2D eigenvalue weighted by Crippen LogP contribution is 2.28. The summed E-state index contributed by atoms with van der Waals surface area (Å²) in [5.41, 5.74) is 0.299. The summed E-state index contributed by atoms with van der Waals surface area (Å²) in [5, 5.41) is -0.634. The molecule has 1 aromatic carbocycles. The fraction of sp³-hybridized carbons (Fsp3) is 0. The normalized spacial score (nSPS) is 11.3. The highest BCUT2D eigenvalue weighted by molar-refractivity contribution is 9.11. The molecule has 19 heavy (non-hydrogen) atoms. The van der Waals surface area contributed by atoms with E-state index in [0.29, 0.717) is 10.2 Å². The fourth-order valence-electron chi connectivity index (χ4n) is 1.33. The van der Waals surface area contributed by atoms with Gasteiger partial charge in [-0.05, 0) is 46.3 Å². The Morgan fingerprint density at radius 2 is 1.95 bits per heavy atom. The summed E-state index contributed by atoms with van der Waals surface area (Å²) in [6.45, 7) is 0. The number of nitrogens with zero attached hydrogens (tertiary/aromatic N) is 1. The number of rotatable bonds is 3. The number of halogens is 3. The van der Waals surface area contributed by atoms with Gasteiger partial charge in [0.2, 0.25) is 5.03 Å². The average Bonchev–Trinajstić information content (AvgIpc) is 2.33. The molecule has 0 bridgehead atoms. The van der Waals surface area contributed by atoms with Crippen LogP contribution in [0.5, 0.6) is 0 Å². The Bertz CT molecular complexity index is 722. The number of benzene rings is 1. The van der Waals surface area contributed by atoms with Crippen molar-refractivity contribution in [3.05, 3.63) is 51.3 Å². The molecule has 2 aromatic rings. The standard InChI is InChI=1S/C11H7Br2FN2O2S/c12-7-3-4-10(8(13)6-7)16-19(17,18)11-9(14)2-1-5-15-11/h1-6,16H. The first-order valence-electron chi connectivity index (χ1n) is 4.98. The minimum atomic E-state index is -4.06. The maximum Gasteiger partial charge on any atom is 0.282 e. The summed E-state index contributed by atoms with van der Waals surface area (Å²) in [4.78, 5) is 3.54. The third-order valence-corrected chi connectivity index (χ3v) is 4.60. The van der Waals surface area contributed by atoms with Gasteiger partial charge in [-0.15, -0.1) is 0 Å². The van der Waals surface area contributed by atoms with Gasteiger partial charge in [-0.3, -0.25) is 4.72 Å². The van der Waals surface area contributed by atoms with Crippen LogP contribution in [0.15, 0.2) is 50.5 Å². The van der Waals surface area contributed by atoms with Crippen LogP contribution in [-0.4, -0.2) is 13.4 Å². The fourth-order valence-corrected chi connectivity index (χ4v) is 3.70. The second-order valence-electron chi connectivity index (χ2n) is 3.52. The molecule has 0 unspecified atom stereocenters. The molecule has 0 aliphatic heterocycles. The maximum absolute atomic E-state index is 13.5. The van der Waals surface area contributed by atoms with Crippen LogP contribution in [0.1, 0.15) is 0 Å². The van der Waals surface area contributed by atoms with Crippen molar-refractivity contribution < 1.29 is 12.8 Å². The number of sulfonamides is 1. The van der Waals surface area contributed by atoms with Crippen LogP contribution >= 0.6 is 31.9 Å². The average molecular weight is 410 g/mol. The van der Waals surface area contributed by atoms with Crippen LogP contribution in [0.4, 0.5) is 10.1 Å². The van der Waals surface area contributed by atoms with E-state index >= 15 is 0 Å². The first-order chi connectivity index (χ1) is 8.90. The molecular weight excluding hydrogens is 403 g/mol. The Kier molecular flexibility index (Phi) is 4.22. The molecule has 0 atom stereocenters. The summed E-state index contributed by atoms with van der Waals surface area (Å²) in [6.07, 6.45) is 1.22. The summed E-state index contributed by atoms with van der Waals surface area (Å²) in [7, 11) is -4.06. The lowest BCUT2D eigenvalue weighted by atomic mass is 10.3. The molecule has 100 valence electrons. The molecule has 0 radical (unpaired) electrons. The minimum Gasteiger partial charge on any atom is -0.277 e. The Labute approximate surface area is 126 Å². The maximum atomic E-state index is 13.5. The lowest BCUT2D eigenvalue weighted by Gasteiger charge is -2.09. The number of aromatic nitrogens is 1. The molecule has 1 aromatic heterocycles. The van der Waals surface area contributed by atoms with Gasteiger partial charge in [0.1, 0.15) is 0 Å². The summed E-state index contributed by atoms with van der Waals surface area (Å²) < 4.78 is 41.1. The van der Waals surface area contributed by atoms with E-state index in [1.807, 2.05) is 0 Å². The van der Waals surface area contributed by atoms with Gasteiger partial charge in [0.25, 0.3) is 10.0 Å². The van der Waals surface area contributed by atoms with Crippen molar-refractivity contribution in [2.24, 2.45) is 0 Å². The molecule has 0 aliphatic carbocycles. The first kappa shape index (κ1) is 14.4. The highest BCUT2D eigenvalue weighted by atomic mass is 79.9. The van der Waals surface area contributed by atoms with Crippen molar-refractivity contribution in [1.82, 2.24) is 4.98 Å². The molecule has 8 heteroatoms. The van der Waals surface area contributed by atoms with Crippen LogP contribution in [0.2, 0.25) is 0 Å². The van der Waals surface area contributed by atoms with E-state index in [1.54, 1.807) is 18.2 Å². The van der Waals surface area contributed by atoms with E-state index in [2.05, 4.69) is 41.6 Å². The zero-order valence-electron chi connectivity index (χ0n) is 9.27. The molecule has 0 aliphatic rings. The molecule has 0 saturated heterocycles. The Balaban J connectivity index is 2.40. The summed E-state index contributed by atoms with van der Waals surface area (Å²) in [5.74, 6) is -0.900. The van der Waals surface area contributed by atoms with Gasteiger partial charge < -0.3 is 0 Å². The SMILES string of the molecule is O=S(=O)(Nc1ccc(Br)cc1Br)c1ncccc1F. The minimum absolute atomic E-state index is 0.299. The van der Waals surface area contributed by atoms with Gasteiger partial charge in [-0.25, -0.2) is 9.37 Å². The van der Waals surface area contributed by atoms with E-state index in [0.717, 1.165) is 10.5 Å². The van der Waals surface area contributed by atoms with Gasteiger partial charge in [0.15, 0.2) is 5.82 Å². The monoisotopic (exact) mass is 408 g/mol. The number of nitrogens with one attached hydrogen (secondary N) is 1. The van der Waals surface area contributed by atoms with Gasteiger partial charge in [-0.2, -0.15) is 8.42 Å². The quantitative estimate of drug-likeness (QED) is 0.843. The Morgan fingerprint density at radius 1 is 1.21 bits per heavy atom. The van der Waals surface area contributed by atoms with Crippen LogP contribution < -0.4 is 4.72 Å². The van der Waals surface area contributed by atoms with E-state index in [4.69, 9.17) is 0 Å². The largest absolute Gasteiger partial charge is 0.282 e. The predicted octanol–water partition coefficient (Wildman–Crippen LogP) is 3.55. The van der Waals surface area contributed by atoms with Crippen molar-refractivity contribution in [1.29, 1.82) is 0 Å². The van der Waals surface area contributed by atoms with Crippen molar-refractivity contribution in [2.75, 3.05) is 4.72 Å². The Hall–Kier alpha value is -0.990. The number of hydrogen-bond donors (Lipinski definition) is 1. The molecule has 4 nitrogen and oxygen atoms in total. The smallest absolute Gasteiger partial charge is 0.277 e. The molecule has 1 heterocycles. The van der Waals surface area contributed by atoms with Gasteiger partial charge >= 0.3 is 0 Å². The van der Waals surface area contributed by atoms with Crippen LogP contribution in [0.25, 0.3) is 0 Å². The predicted molar refractivity (Wildman–Crippen MR) is 76.8 cm³/mol. The third-order valence-electron chi connectivity index (χ3n) is 2.15. The van der Waals surface area contributed by atoms with Gasteiger partial charge in [0, 0.05) is 15.1 Å². The molecule has 0 saturated carbocycles. The van der Waals surface area contributed by atoms with E-state index in [-0.39, 0.29) is 0 Å². The van der Waals surface area contributed by atoms with Crippen molar-refractivity contribution in [2.45, 2.75) is 5.03 Å². The zero-order chi connectivity index (χ0) is 14.0. The molecule has 0 amide bonds. The van der Waals surface area contributed by atoms with Crippen molar-refractivity contribution in [3.8, 4) is 0 Å². The van der Waals surface area contributed by atoms with E-state index in [1.165, 1.54) is 12.3 Å². The van der Waals surface area contributed by atoms with E-state index in [9.17, 15) is 12.8 Å². The topological polar surface area (TPSA) is 59.1 Å². The van der Waals surface area contributed by atoms with Crippen LogP contribution in [0, 0.1) is 5.82 Å². The molecular formula is C11H7Br2FN2O2S. The summed E-state index contributed by atoms with van der Waals surface area (Å²) in [6, 6.07) is 7.25. The van der Waals surface area contributed by atoms with Crippen molar-refractivity contribution >= 4 is 47.6 Å². The lowest BCUT2D eigenvalue weighted by Crippen LogP contribution is -2.16. The highest BCUT2D eigenvalue weighted by Gasteiger charge is 2.21. The third kappa shape index (κ3) is 3.31. The summed E-state index contributed by atoms with van der Waals surface area (Å²) >= 11 is 6.47. The molecule has 2 rings (SSSR count). The van der Waals surface area contributed by atoms with Crippen LogP contribution in [-0.2, 0) is 10.0 Å². The zero-order valence-corrected chi connectivity index (χ0v) is 13.3. The molecule has 0 fully saturated rings. The van der Waals surface area contributed by atoms with Gasteiger partial charge in [0.05, 0.1) is 5.69 Å². The first-order valence-corrected chi connectivity index (χ1v) is 8.05. The van der Waals surface area contributed by atoms with Crippen LogP contribution in [0.3, 0.4) is 0 Å². The van der Waals surface area contributed by atoms with Gasteiger partial charge in [-0.1, -0.05) is 15.9 Å². The lowest BCUT2D eigenvalue weighted by molar-refractivity contribution is 0.557.